The summed E-state index contributed by atoms with van der Waals surface area (Å²) in [5, 5.41) is 12.0. The van der Waals surface area contributed by atoms with E-state index in [-0.39, 0.29) is 0 Å². The predicted molar refractivity (Wildman–Crippen MR) is 76.6 cm³/mol. The molecule has 0 spiro atoms. The summed E-state index contributed by atoms with van der Waals surface area (Å²) in [6.45, 7) is 11.9. The van der Waals surface area contributed by atoms with Crippen LogP contribution in [-0.4, -0.2) is 16.7 Å². The van der Waals surface area contributed by atoms with Gasteiger partial charge in [-0.05, 0) is 50.8 Å². The van der Waals surface area contributed by atoms with Crippen LogP contribution in [0.5, 0.6) is 0 Å². The zero-order valence-electron chi connectivity index (χ0n) is 12.5. The number of rotatable bonds is 7. The smallest absolute Gasteiger partial charge is 0.0648 e. The summed E-state index contributed by atoms with van der Waals surface area (Å²) in [7, 11) is 0. The molecular weight excluding hydrogens is 222 g/mol. The van der Waals surface area contributed by atoms with Crippen molar-refractivity contribution in [3.63, 3.8) is 0 Å². The highest BCUT2D eigenvalue weighted by Gasteiger charge is 2.17. The standard InChI is InChI=1S/C15H27N3/c1-6-8-16-15(9-11(3)7-2)14-10-12(4)17-18-13(14)5/h10-11,15-16H,6-9H2,1-5H3. The Morgan fingerprint density at radius 3 is 2.56 bits per heavy atom. The third-order valence-corrected chi connectivity index (χ3v) is 3.49. The molecule has 0 amide bonds. The van der Waals surface area contributed by atoms with Gasteiger partial charge in [-0.25, -0.2) is 0 Å². The lowest BCUT2D eigenvalue weighted by molar-refractivity contribution is 0.400. The summed E-state index contributed by atoms with van der Waals surface area (Å²) < 4.78 is 0. The molecule has 0 aliphatic heterocycles. The van der Waals surface area contributed by atoms with Crippen LogP contribution in [0.4, 0.5) is 0 Å². The fraction of sp³-hybridized carbons (Fsp3) is 0.733. The van der Waals surface area contributed by atoms with E-state index in [0.29, 0.717) is 6.04 Å². The van der Waals surface area contributed by atoms with Gasteiger partial charge in [0.15, 0.2) is 0 Å². The molecular formula is C15H27N3. The maximum absolute atomic E-state index is 4.25. The van der Waals surface area contributed by atoms with E-state index in [1.54, 1.807) is 0 Å². The van der Waals surface area contributed by atoms with Crippen molar-refractivity contribution >= 4 is 0 Å². The lowest BCUT2D eigenvalue weighted by Gasteiger charge is -2.23. The van der Waals surface area contributed by atoms with E-state index in [9.17, 15) is 0 Å². The Morgan fingerprint density at radius 1 is 1.22 bits per heavy atom. The second-order valence-corrected chi connectivity index (χ2v) is 5.28. The lowest BCUT2D eigenvalue weighted by Crippen LogP contribution is -2.25. The molecule has 0 radical (unpaired) electrons. The highest BCUT2D eigenvalue weighted by Crippen LogP contribution is 2.25. The maximum atomic E-state index is 4.25. The van der Waals surface area contributed by atoms with Crippen molar-refractivity contribution in [1.82, 2.24) is 15.5 Å². The molecule has 0 bridgehead atoms. The topological polar surface area (TPSA) is 37.8 Å². The number of aromatic nitrogens is 2. The largest absolute Gasteiger partial charge is 0.310 e. The van der Waals surface area contributed by atoms with E-state index < -0.39 is 0 Å². The van der Waals surface area contributed by atoms with Gasteiger partial charge < -0.3 is 5.32 Å². The van der Waals surface area contributed by atoms with Gasteiger partial charge in [-0.15, -0.1) is 0 Å². The van der Waals surface area contributed by atoms with E-state index in [0.717, 1.165) is 30.3 Å². The molecule has 1 rings (SSSR count). The van der Waals surface area contributed by atoms with Crippen LogP contribution in [0.3, 0.4) is 0 Å². The van der Waals surface area contributed by atoms with Crippen molar-refractivity contribution in [1.29, 1.82) is 0 Å². The molecule has 0 aromatic carbocycles. The van der Waals surface area contributed by atoms with Crippen molar-refractivity contribution in [3.05, 3.63) is 23.0 Å². The number of nitrogens with zero attached hydrogens (tertiary/aromatic N) is 2. The van der Waals surface area contributed by atoms with Crippen molar-refractivity contribution < 1.29 is 0 Å². The van der Waals surface area contributed by atoms with Gasteiger partial charge in [0.1, 0.15) is 0 Å². The van der Waals surface area contributed by atoms with Crippen LogP contribution in [0.25, 0.3) is 0 Å². The van der Waals surface area contributed by atoms with Crippen molar-refractivity contribution in [3.8, 4) is 0 Å². The highest BCUT2D eigenvalue weighted by molar-refractivity contribution is 5.23. The van der Waals surface area contributed by atoms with E-state index in [4.69, 9.17) is 0 Å². The van der Waals surface area contributed by atoms with Crippen LogP contribution >= 0.6 is 0 Å². The monoisotopic (exact) mass is 249 g/mol. The average Bonchev–Trinajstić information content (AvgIpc) is 2.37. The lowest BCUT2D eigenvalue weighted by atomic mass is 9.93. The summed E-state index contributed by atoms with van der Waals surface area (Å²) in [6.07, 6.45) is 3.55. The third kappa shape index (κ3) is 4.37. The fourth-order valence-corrected chi connectivity index (χ4v) is 2.13. The minimum atomic E-state index is 0.411. The van der Waals surface area contributed by atoms with Crippen LogP contribution in [0.2, 0.25) is 0 Å². The fourth-order valence-electron chi connectivity index (χ4n) is 2.13. The molecule has 2 atom stereocenters. The zero-order chi connectivity index (χ0) is 13.5. The van der Waals surface area contributed by atoms with E-state index in [1.165, 1.54) is 18.4 Å². The number of nitrogens with one attached hydrogen (secondary N) is 1. The molecule has 18 heavy (non-hydrogen) atoms. The quantitative estimate of drug-likeness (QED) is 0.802. The van der Waals surface area contributed by atoms with Crippen LogP contribution < -0.4 is 5.32 Å². The Bertz CT molecular complexity index is 363. The van der Waals surface area contributed by atoms with E-state index >= 15 is 0 Å². The SMILES string of the molecule is CCCNC(CC(C)CC)c1cc(C)nnc1C. The molecule has 0 fully saturated rings. The average molecular weight is 249 g/mol. The second kappa shape index (κ2) is 7.47. The first-order valence-electron chi connectivity index (χ1n) is 7.12. The normalized spacial score (nSPS) is 14.5. The molecule has 1 aromatic heterocycles. The van der Waals surface area contributed by atoms with E-state index in [2.05, 4.69) is 49.3 Å². The Morgan fingerprint density at radius 2 is 1.94 bits per heavy atom. The van der Waals surface area contributed by atoms with E-state index in [1.807, 2.05) is 6.92 Å². The van der Waals surface area contributed by atoms with Gasteiger partial charge in [0.05, 0.1) is 11.4 Å². The molecule has 102 valence electrons. The van der Waals surface area contributed by atoms with Crippen molar-refractivity contribution in [2.45, 2.75) is 59.9 Å². The Hall–Kier alpha value is -0.960. The Labute approximate surface area is 111 Å². The summed E-state index contributed by atoms with van der Waals surface area (Å²) in [5.41, 5.74) is 3.37. The van der Waals surface area contributed by atoms with Gasteiger partial charge in [0.25, 0.3) is 0 Å². The summed E-state index contributed by atoms with van der Waals surface area (Å²) in [5.74, 6) is 0.729. The Balaban J connectivity index is 2.89. The molecule has 0 saturated heterocycles. The summed E-state index contributed by atoms with van der Waals surface area (Å²) in [4.78, 5) is 0. The highest BCUT2D eigenvalue weighted by atomic mass is 15.1. The molecule has 3 nitrogen and oxygen atoms in total. The minimum Gasteiger partial charge on any atom is -0.310 e. The molecule has 1 N–H and O–H groups in total. The van der Waals surface area contributed by atoms with Crippen LogP contribution in [0.1, 0.15) is 63.0 Å². The molecule has 2 unspecified atom stereocenters. The van der Waals surface area contributed by atoms with Crippen LogP contribution in [0, 0.1) is 19.8 Å². The summed E-state index contributed by atoms with van der Waals surface area (Å²) in [6, 6.07) is 2.59. The van der Waals surface area contributed by atoms with Gasteiger partial charge in [-0.1, -0.05) is 27.2 Å². The van der Waals surface area contributed by atoms with Gasteiger partial charge in [0.2, 0.25) is 0 Å². The van der Waals surface area contributed by atoms with Crippen LogP contribution in [0.15, 0.2) is 6.07 Å². The zero-order valence-corrected chi connectivity index (χ0v) is 12.5. The molecule has 0 aliphatic carbocycles. The number of hydrogen-bond acceptors (Lipinski definition) is 3. The summed E-state index contributed by atoms with van der Waals surface area (Å²) >= 11 is 0. The van der Waals surface area contributed by atoms with Crippen molar-refractivity contribution in [2.24, 2.45) is 5.92 Å². The first-order valence-corrected chi connectivity index (χ1v) is 7.12. The second-order valence-electron chi connectivity index (χ2n) is 5.28. The number of aryl methyl sites for hydroxylation is 2. The third-order valence-electron chi connectivity index (χ3n) is 3.49. The van der Waals surface area contributed by atoms with Gasteiger partial charge >= 0.3 is 0 Å². The molecule has 0 aliphatic rings. The molecule has 3 heteroatoms. The molecule has 1 aromatic rings. The van der Waals surface area contributed by atoms with Crippen molar-refractivity contribution in [2.75, 3.05) is 6.54 Å². The van der Waals surface area contributed by atoms with Gasteiger partial charge in [0, 0.05) is 6.04 Å². The Kier molecular flexibility index (Phi) is 6.27. The van der Waals surface area contributed by atoms with Gasteiger partial charge in [-0.2, -0.15) is 10.2 Å². The predicted octanol–water partition coefficient (Wildman–Crippen LogP) is 3.57. The first-order chi connectivity index (χ1) is 8.58. The molecule has 1 heterocycles. The van der Waals surface area contributed by atoms with Gasteiger partial charge in [-0.3, -0.25) is 0 Å². The number of hydrogen-bond donors (Lipinski definition) is 1. The first kappa shape index (κ1) is 15.1. The molecule has 0 saturated carbocycles. The maximum Gasteiger partial charge on any atom is 0.0648 e. The van der Waals surface area contributed by atoms with Crippen LogP contribution in [-0.2, 0) is 0 Å². The minimum absolute atomic E-state index is 0.411.